The number of carbonyl (C=O) groups excluding carboxylic acids is 1. The van der Waals surface area contributed by atoms with Crippen molar-refractivity contribution < 1.29 is 4.79 Å². The van der Waals surface area contributed by atoms with Gasteiger partial charge in [0.15, 0.2) is 0 Å². The lowest BCUT2D eigenvalue weighted by molar-refractivity contribution is -0.121. The molecule has 2 N–H and O–H groups in total. The lowest BCUT2D eigenvalue weighted by Gasteiger charge is -2.07. The Kier molecular flexibility index (Phi) is 6.14. The van der Waals surface area contributed by atoms with Crippen molar-refractivity contribution in [2.75, 3.05) is 20.1 Å². The SMILES string of the molecule is CNCCNC(=O)Cn1cnc2ccccc2c1=O.Cl. The summed E-state index contributed by atoms with van der Waals surface area (Å²) in [6, 6.07) is 7.08. The van der Waals surface area contributed by atoms with Crippen molar-refractivity contribution in [3.05, 3.63) is 40.9 Å². The molecule has 0 bridgehead atoms. The maximum absolute atomic E-state index is 12.1. The Morgan fingerprint density at radius 1 is 1.30 bits per heavy atom. The Balaban J connectivity index is 0.00000200. The number of rotatable bonds is 5. The van der Waals surface area contributed by atoms with Crippen molar-refractivity contribution >= 4 is 29.2 Å². The number of carbonyl (C=O) groups is 1. The van der Waals surface area contributed by atoms with Crippen LogP contribution in [-0.4, -0.2) is 35.6 Å². The van der Waals surface area contributed by atoms with E-state index in [0.717, 1.165) is 0 Å². The van der Waals surface area contributed by atoms with Gasteiger partial charge in [0.05, 0.1) is 17.2 Å². The topological polar surface area (TPSA) is 76.0 Å². The Bertz CT molecular complexity index is 642. The second-order valence-electron chi connectivity index (χ2n) is 4.15. The van der Waals surface area contributed by atoms with Crippen LogP contribution in [0.4, 0.5) is 0 Å². The van der Waals surface area contributed by atoms with E-state index in [1.54, 1.807) is 18.2 Å². The molecule has 1 amide bonds. The molecule has 6 nitrogen and oxygen atoms in total. The third kappa shape index (κ3) is 3.79. The minimum atomic E-state index is -0.200. The molecule has 0 aliphatic carbocycles. The lowest BCUT2D eigenvalue weighted by atomic mass is 10.2. The molecule has 2 aromatic rings. The third-order valence-electron chi connectivity index (χ3n) is 2.74. The lowest BCUT2D eigenvalue weighted by Crippen LogP contribution is -2.35. The van der Waals surface area contributed by atoms with Crippen molar-refractivity contribution in [1.82, 2.24) is 20.2 Å². The molecule has 0 aliphatic heterocycles. The first-order valence-electron chi connectivity index (χ1n) is 6.08. The predicted molar refractivity (Wildman–Crippen MR) is 80.2 cm³/mol. The van der Waals surface area contributed by atoms with Gasteiger partial charge in [0, 0.05) is 13.1 Å². The van der Waals surface area contributed by atoms with Crippen molar-refractivity contribution in [3.63, 3.8) is 0 Å². The molecule has 0 atom stereocenters. The highest BCUT2D eigenvalue weighted by atomic mass is 35.5. The second kappa shape index (κ2) is 7.62. The molecule has 0 fully saturated rings. The Hall–Kier alpha value is -1.92. The van der Waals surface area contributed by atoms with E-state index in [4.69, 9.17) is 0 Å². The normalized spacial score (nSPS) is 10.1. The highest BCUT2D eigenvalue weighted by Crippen LogP contribution is 2.04. The number of fused-ring (bicyclic) bond motifs is 1. The zero-order chi connectivity index (χ0) is 13.7. The number of nitrogens with zero attached hydrogens (tertiary/aromatic N) is 2. The van der Waals surface area contributed by atoms with Crippen LogP contribution in [0.1, 0.15) is 0 Å². The van der Waals surface area contributed by atoms with Crippen LogP contribution in [0, 0.1) is 0 Å². The van der Waals surface area contributed by atoms with Gasteiger partial charge in [0.1, 0.15) is 6.54 Å². The van der Waals surface area contributed by atoms with Gasteiger partial charge in [-0.2, -0.15) is 0 Å². The molecule has 1 heterocycles. The molecule has 0 saturated heterocycles. The third-order valence-corrected chi connectivity index (χ3v) is 2.74. The summed E-state index contributed by atoms with van der Waals surface area (Å²) in [5.74, 6) is -0.200. The molecule has 0 radical (unpaired) electrons. The fourth-order valence-corrected chi connectivity index (χ4v) is 1.76. The Labute approximate surface area is 122 Å². The number of nitrogens with one attached hydrogen (secondary N) is 2. The zero-order valence-corrected chi connectivity index (χ0v) is 11.9. The highest BCUT2D eigenvalue weighted by Gasteiger charge is 2.07. The standard InChI is InChI=1S/C13H16N4O2.ClH/c1-14-6-7-15-12(18)8-17-9-16-11-5-3-2-4-10(11)13(17)19;/h2-5,9,14H,6-8H2,1H3,(H,15,18);1H. The average Bonchev–Trinajstić information content (AvgIpc) is 2.43. The number of aromatic nitrogens is 2. The number of para-hydroxylation sites is 1. The number of hydrogen-bond donors (Lipinski definition) is 2. The van der Waals surface area contributed by atoms with Gasteiger partial charge in [-0.3, -0.25) is 14.2 Å². The van der Waals surface area contributed by atoms with E-state index in [2.05, 4.69) is 15.6 Å². The largest absolute Gasteiger partial charge is 0.353 e. The van der Waals surface area contributed by atoms with Gasteiger partial charge >= 0.3 is 0 Å². The molecule has 0 spiro atoms. The summed E-state index contributed by atoms with van der Waals surface area (Å²) >= 11 is 0. The monoisotopic (exact) mass is 296 g/mol. The fraction of sp³-hybridized carbons (Fsp3) is 0.308. The van der Waals surface area contributed by atoms with Gasteiger partial charge in [0.25, 0.3) is 5.56 Å². The summed E-state index contributed by atoms with van der Waals surface area (Å²) in [5.41, 5.74) is 0.439. The number of amides is 1. The van der Waals surface area contributed by atoms with Crippen LogP contribution < -0.4 is 16.2 Å². The van der Waals surface area contributed by atoms with E-state index in [9.17, 15) is 9.59 Å². The molecule has 7 heteroatoms. The maximum Gasteiger partial charge on any atom is 0.261 e. The van der Waals surface area contributed by atoms with E-state index in [1.165, 1.54) is 10.9 Å². The van der Waals surface area contributed by atoms with Gasteiger partial charge in [-0.05, 0) is 19.2 Å². The quantitative estimate of drug-likeness (QED) is 0.771. The molecular weight excluding hydrogens is 280 g/mol. The molecule has 20 heavy (non-hydrogen) atoms. The van der Waals surface area contributed by atoms with Crippen molar-refractivity contribution in [3.8, 4) is 0 Å². The fourth-order valence-electron chi connectivity index (χ4n) is 1.76. The summed E-state index contributed by atoms with van der Waals surface area (Å²) in [7, 11) is 1.81. The van der Waals surface area contributed by atoms with E-state index in [0.29, 0.717) is 24.0 Å². The van der Waals surface area contributed by atoms with Crippen molar-refractivity contribution in [2.24, 2.45) is 0 Å². The van der Waals surface area contributed by atoms with Gasteiger partial charge in [-0.1, -0.05) is 12.1 Å². The molecule has 2 rings (SSSR count). The molecule has 1 aromatic heterocycles. The van der Waals surface area contributed by atoms with Crippen LogP contribution >= 0.6 is 12.4 Å². The first kappa shape index (κ1) is 16.1. The van der Waals surface area contributed by atoms with Crippen LogP contribution in [0.25, 0.3) is 10.9 Å². The van der Waals surface area contributed by atoms with Crippen LogP contribution in [0.15, 0.2) is 35.4 Å². The van der Waals surface area contributed by atoms with E-state index in [1.807, 2.05) is 13.1 Å². The van der Waals surface area contributed by atoms with Crippen LogP contribution in [0.2, 0.25) is 0 Å². The van der Waals surface area contributed by atoms with Crippen LogP contribution in [0.3, 0.4) is 0 Å². The molecule has 1 aromatic carbocycles. The zero-order valence-electron chi connectivity index (χ0n) is 11.1. The molecule has 0 aliphatic rings. The van der Waals surface area contributed by atoms with Crippen molar-refractivity contribution in [2.45, 2.75) is 6.54 Å². The predicted octanol–water partition coefficient (Wildman–Crippen LogP) is 0.154. The first-order chi connectivity index (χ1) is 9.22. The summed E-state index contributed by atoms with van der Waals surface area (Å²) in [6.45, 7) is 1.21. The van der Waals surface area contributed by atoms with Crippen LogP contribution in [0.5, 0.6) is 0 Å². The van der Waals surface area contributed by atoms with E-state index >= 15 is 0 Å². The average molecular weight is 297 g/mol. The second-order valence-corrected chi connectivity index (χ2v) is 4.15. The number of likely N-dealkylation sites (N-methyl/N-ethyl adjacent to an activating group) is 1. The van der Waals surface area contributed by atoms with Gasteiger partial charge in [-0.25, -0.2) is 4.98 Å². The maximum atomic E-state index is 12.1. The molecule has 108 valence electrons. The minimum absolute atomic E-state index is 0. The van der Waals surface area contributed by atoms with E-state index < -0.39 is 0 Å². The van der Waals surface area contributed by atoms with Crippen molar-refractivity contribution in [1.29, 1.82) is 0 Å². The molecule has 0 unspecified atom stereocenters. The Morgan fingerprint density at radius 3 is 2.80 bits per heavy atom. The van der Waals surface area contributed by atoms with Gasteiger partial charge < -0.3 is 10.6 Å². The van der Waals surface area contributed by atoms with E-state index in [-0.39, 0.29) is 30.4 Å². The molecule has 0 saturated carbocycles. The van der Waals surface area contributed by atoms with Gasteiger partial charge in [-0.15, -0.1) is 12.4 Å². The highest BCUT2D eigenvalue weighted by molar-refractivity contribution is 5.85. The summed E-state index contributed by atoms with van der Waals surface area (Å²) in [5, 5.41) is 6.17. The smallest absolute Gasteiger partial charge is 0.261 e. The summed E-state index contributed by atoms with van der Waals surface area (Å²) in [6.07, 6.45) is 1.41. The first-order valence-corrected chi connectivity index (χ1v) is 6.08. The number of hydrogen-bond acceptors (Lipinski definition) is 4. The summed E-state index contributed by atoms with van der Waals surface area (Å²) < 4.78 is 1.32. The Morgan fingerprint density at radius 2 is 2.05 bits per heavy atom. The summed E-state index contributed by atoms with van der Waals surface area (Å²) in [4.78, 5) is 27.9. The number of halogens is 1. The van der Waals surface area contributed by atoms with Crippen LogP contribution in [-0.2, 0) is 11.3 Å². The van der Waals surface area contributed by atoms with Gasteiger partial charge in [0.2, 0.25) is 5.91 Å². The minimum Gasteiger partial charge on any atom is -0.353 e. The molecular formula is C13H17ClN4O2. The number of benzene rings is 1.